The molecule has 19 heavy (non-hydrogen) atoms. The lowest BCUT2D eigenvalue weighted by Gasteiger charge is -2.07. The molecule has 0 aliphatic carbocycles. The lowest BCUT2D eigenvalue weighted by molar-refractivity contribution is 0.0697. The van der Waals surface area contributed by atoms with E-state index < -0.39 is 11.8 Å². The third-order valence-electron chi connectivity index (χ3n) is 2.25. The number of pyridine rings is 1. The van der Waals surface area contributed by atoms with Gasteiger partial charge in [0.15, 0.2) is 0 Å². The van der Waals surface area contributed by atoms with Gasteiger partial charge in [-0.25, -0.2) is 14.2 Å². The second-order valence-electron chi connectivity index (χ2n) is 3.59. The smallest absolute Gasteiger partial charge is 0.338 e. The van der Waals surface area contributed by atoms with E-state index in [2.05, 4.69) is 20.9 Å². The van der Waals surface area contributed by atoms with E-state index in [-0.39, 0.29) is 21.6 Å². The van der Waals surface area contributed by atoms with E-state index in [1.54, 1.807) is 0 Å². The minimum atomic E-state index is -1.18. The van der Waals surface area contributed by atoms with Gasteiger partial charge in [-0.05, 0) is 34.1 Å². The molecule has 0 aliphatic rings. The molecule has 0 aliphatic heterocycles. The highest BCUT2D eigenvalue weighted by atomic mass is 79.9. The van der Waals surface area contributed by atoms with Gasteiger partial charge in [0.25, 0.3) is 0 Å². The quantitative estimate of drug-likeness (QED) is 0.905. The molecule has 0 saturated carbocycles. The van der Waals surface area contributed by atoms with Crippen molar-refractivity contribution in [2.75, 3.05) is 5.73 Å². The van der Waals surface area contributed by atoms with Gasteiger partial charge in [0.2, 0.25) is 5.88 Å². The van der Waals surface area contributed by atoms with Gasteiger partial charge in [-0.1, -0.05) is 0 Å². The van der Waals surface area contributed by atoms with Gasteiger partial charge in [-0.15, -0.1) is 0 Å². The molecule has 0 atom stereocenters. The lowest BCUT2D eigenvalue weighted by Crippen LogP contribution is -2.03. The number of benzene rings is 1. The van der Waals surface area contributed by atoms with Crippen LogP contribution in [-0.4, -0.2) is 16.1 Å². The summed E-state index contributed by atoms with van der Waals surface area (Å²) in [6.07, 6.45) is 1.19. The first-order chi connectivity index (χ1) is 8.97. The predicted octanol–water partition coefficient (Wildman–Crippen LogP) is 3.06. The van der Waals surface area contributed by atoms with E-state index in [0.717, 1.165) is 0 Å². The van der Waals surface area contributed by atoms with Gasteiger partial charge < -0.3 is 15.6 Å². The van der Waals surface area contributed by atoms with Crippen molar-refractivity contribution < 1.29 is 19.0 Å². The average molecular weight is 327 g/mol. The van der Waals surface area contributed by atoms with Crippen LogP contribution in [0.5, 0.6) is 11.6 Å². The first-order valence-corrected chi connectivity index (χ1v) is 5.88. The minimum Gasteiger partial charge on any atom is -0.478 e. The van der Waals surface area contributed by atoms with Crippen LogP contribution in [0.15, 0.2) is 34.9 Å². The van der Waals surface area contributed by atoms with Gasteiger partial charge in [0.1, 0.15) is 11.6 Å². The Kier molecular flexibility index (Phi) is 3.66. The summed E-state index contributed by atoms with van der Waals surface area (Å²) in [5.74, 6) is -1.22. The Morgan fingerprint density at radius 2 is 2.16 bits per heavy atom. The van der Waals surface area contributed by atoms with Gasteiger partial charge in [0.05, 0.1) is 21.9 Å². The monoisotopic (exact) mass is 326 g/mol. The van der Waals surface area contributed by atoms with Crippen molar-refractivity contribution in [2.24, 2.45) is 0 Å². The predicted molar refractivity (Wildman–Crippen MR) is 69.8 cm³/mol. The van der Waals surface area contributed by atoms with E-state index in [1.807, 2.05) is 0 Å². The van der Waals surface area contributed by atoms with Crippen molar-refractivity contribution in [3.63, 3.8) is 0 Å². The molecule has 5 nitrogen and oxygen atoms in total. The summed E-state index contributed by atoms with van der Waals surface area (Å²) < 4.78 is 18.6. The molecule has 2 rings (SSSR count). The fourth-order valence-electron chi connectivity index (χ4n) is 1.35. The summed E-state index contributed by atoms with van der Waals surface area (Å²) in [5, 5.41) is 8.92. The molecule has 3 N–H and O–H groups in total. The summed E-state index contributed by atoms with van der Waals surface area (Å²) in [6, 6.07) is 5.23. The molecule has 1 aromatic heterocycles. The zero-order valence-electron chi connectivity index (χ0n) is 9.43. The van der Waals surface area contributed by atoms with Crippen LogP contribution in [0.4, 0.5) is 10.1 Å². The van der Waals surface area contributed by atoms with Gasteiger partial charge in [-0.3, -0.25) is 0 Å². The lowest BCUT2D eigenvalue weighted by atomic mass is 10.2. The van der Waals surface area contributed by atoms with E-state index in [4.69, 9.17) is 15.6 Å². The summed E-state index contributed by atoms with van der Waals surface area (Å²) in [6.45, 7) is 0. The molecule has 0 fully saturated rings. The number of aromatic carboxylic acids is 1. The maximum atomic E-state index is 13.0. The number of hydrogen-bond donors (Lipinski definition) is 2. The zero-order chi connectivity index (χ0) is 14.0. The fourth-order valence-corrected chi connectivity index (χ4v) is 1.71. The van der Waals surface area contributed by atoms with E-state index >= 15 is 0 Å². The molecule has 0 radical (unpaired) electrons. The number of aromatic nitrogens is 1. The second-order valence-corrected chi connectivity index (χ2v) is 4.45. The summed E-state index contributed by atoms with van der Waals surface area (Å²) in [4.78, 5) is 14.8. The first-order valence-electron chi connectivity index (χ1n) is 5.09. The number of halogens is 2. The molecular weight excluding hydrogens is 319 g/mol. The Bertz CT molecular complexity index is 649. The highest BCUT2D eigenvalue weighted by Gasteiger charge is 2.11. The van der Waals surface area contributed by atoms with Crippen LogP contribution in [0.25, 0.3) is 0 Å². The summed E-state index contributed by atoms with van der Waals surface area (Å²) in [7, 11) is 0. The van der Waals surface area contributed by atoms with Crippen LogP contribution in [0, 0.1) is 5.82 Å². The van der Waals surface area contributed by atoms with Crippen molar-refractivity contribution in [1.82, 2.24) is 4.98 Å². The van der Waals surface area contributed by atoms with Gasteiger partial charge in [-0.2, -0.15) is 0 Å². The molecule has 1 heterocycles. The van der Waals surface area contributed by atoms with E-state index in [1.165, 1.54) is 30.5 Å². The van der Waals surface area contributed by atoms with E-state index in [9.17, 15) is 9.18 Å². The number of hydrogen-bond acceptors (Lipinski definition) is 4. The Morgan fingerprint density at radius 3 is 2.79 bits per heavy atom. The molecule has 0 amide bonds. The number of nitrogens with zero attached hydrogens (tertiary/aromatic N) is 1. The molecule has 1 aromatic carbocycles. The highest BCUT2D eigenvalue weighted by Crippen LogP contribution is 2.26. The third-order valence-corrected chi connectivity index (χ3v) is 2.86. The van der Waals surface area contributed by atoms with Crippen molar-refractivity contribution in [2.45, 2.75) is 0 Å². The van der Waals surface area contributed by atoms with Crippen molar-refractivity contribution >= 4 is 27.6 Å². The van der Waals surface area contributed by atoms with Crippen LogP contribution in [-0.2, 0) is 0 Å². The van der Waals surface area contributed by atoms with Crippen LogP contribution >= 0.6 is 15.9 Å². The second kappa shape index (κ2) is 5.23. The van der Waals surface area contributed by atoms with Crippen LogP contribution < -0.4 is 10.5 Å². The highest BCUT2D eigenvalue weighted by molar-refractivity contribution is 9.10. The molecule has 0 bridgehead atoms. The number of carboxylic acid groups (broad SMARTS) is 1. The SMILES string of the molecule is Nc1cnc(Oc2ccc(F)c(Br)c2)cc1C(=O)O. The van der Waals surface area contributed by atoms with Gasteiger partial charge in [0, 0.05) is 6.07 Å². The number of carboxylic acids is 1. The molecule has 0 spiro atoms. The number of carbonyl (C=O) groups is 1. The van der Waals surface area contributed by atoms with Crippen LogP contribution in [0.2, 0.25) is 0 Å². The standard InChI is InChI=1S/C12H8BrFN2O3/c13-8-3-6(1-2-9(8)14)19-11-4-7(12(17)18)10(15)5-16-11/h1-5H,15H2,(H,17,18). The van der Waals surface area contributed by atoms with Crippen molar-refractivity contribution in [3.8, 4) is 11.6 Å². The van der Waals surface area contributed by atoms with Crippen molar-refractivity contribution in [1.29, 1.82) is 0 Å². The molecule has 7 heteroatoms. The normalized spacial score (nSPS) is 10.2. The van der Waals surface area contributed by atoms with E-state index in [0.29, 0.717) is 5.75 Å². The molecule has 98 valence electrons. The number of rotatable bonds is 3. The van der Waals surface area contributed by atoms with Crippen molar-refractivity contribution in [3.05, 3.63) is 46.3 Å². The maximum Gasteiger partial charge on any atom is 0.338 e. The average Bonchev–Trinajstić information content (AvgIpc) is 2.36. The van der Waals surface area contributed by atoms with Crippen LogP contribution in [0.1, 0.15) is 10.4 Å². The van der Waals surface area contributed by atoms with Gasteiger partial charge >= 0.3 is 5.97 Å². The zero-order valence-corrected chi connectivity index (χ0v) is 11.0. The number of nitrogen functional groups attached to an aromatic ring is 1. The summed E-state index contributed by atoms with van der Waals surface area (Å²) >= 11 is 3.02. The first kappa shape index (κ1) is 13.3. The van der Waals surface area contributed by atoms with Crippen LogP contribution in [0.3, 0.4) is 0 Å². The largest absolute Gasteiger partial charge is 0.478 e. The number of anilines is 1. The number of nitrogens with two attached hydrogens (primary N) is 1. The fraction of sp³-hybridized carbons (Fsp3) is 0. The Morgan fingerprint density at radius 1 is 1.42 bits per heavy atom. The Labute approximate surface area is 116 Å². The topological polar surface area (TPSA) is 85.4 Å². The Hall–Kier alpha value is -2.15. The molecule has 2 aromatic rings. The third kappa shape index (κ3) is 3.00. The maximum absolute atomic E-state index is 13.0. The molecule has 0 saturated heterocycles. The minimum absolute atomic E-state index is 0.0418. The summed E-state index contributed by atoms with van der Waals surface area (Å²) in [5.41, 5.74) is 5.41. The Balaban J connectivity index is 2.30. The molecule has 0 unspecified atom stereocenters. The number of ether oxygens (including phenoxy) is 1. The molecular formula is C12H8BrFN2O3.